The Balaban J connectivity index is 1.21. The molecule has 244 valence electrons. The minimum atomic E-state index is -0.272. The third kappa shape index (κ3) is 6.93. The number of methoxy groups -OCH3 is 1. The van der Waals surface area contributed by atoms with E-state index in [-0.39, 0.29) is 11.9 Å². The molecule has 12 heteroatoms. The van der Waals surface area contributed by atoms with Crippen molar-refractivity contribution in [3.05, 3.63) is 66.8 Å². The van der Waals surface area contributed by atoms with E-state index in [4.69, 9.17) is 9.57 Å². The number of aryl methyl sites for hydroxylation is 1. The number of nitrogens with zero attached hydrogens (tertiary/aromatic N) is 7. The molecule has 3 aromatic rings. The highest BCUT2D eigenvalue weighted by molar-refractivity contribution is 6.02. The second-order valence-electron chi connectivity index (χ2n) is 12.5. The molecule has 12 nitrogen and oxygen atoms in total. The molecule has 6 rings (SSSR count). The van der Waals surface area contributed by atoms with Gasteiger partial charge in [-0.3, -0.25) is 19.5 Å². The van der Waals surface area contributed by atoms with Gasteiger partial charge in [-0.25, -0.2) is 15.0 Å². The summed E-state index contributed by atoms with van der Waals surface area (Å²) in [5.74, 6) is 1.57. The van der Waals surface area contributed by atoms with Crippen LogP contribution < -0.4 is 25.3 Å². The minimum absolute atomic E-state index is 0.00518. The molecule has 3 saturated heterocycles. The van der Waals surface area contributed by atoms with Crippen molar-refractivity contribution in [3.8, 4) is 5.75 Å². The van der Waals surface area contributed by atoms with Gasteiger partial charge in [-0.2, -0.15) is 0 Å². The van der Waals surface area contributed by atoms with Crippen LogP contribution >= 0.6 is 0 Å². The molecule has 3 aliphatic rings. The SMILES string of the molecule is C=CC(=O)Nc1cc(Nc2cc(N3OCC[C@@H]3c3ccc(C)nc3)ncn2)c(OC)cc1N1CCC(N2CC[C@@H](N(C)C)C2)CC1. The molecule has 0 spiro atoms. The predicted octanol–water partition coefficient (Wildman–Crippen LogP) is 4.54. The molecular formula is C34H45N9O3. The first-order valence-corrected chi connectivity index (χ1v) is 16.1. The van der Waals surface area contributed by atoms with Crippen molar-refractivity contribution in [2.24, 2.45) is 0 Å². The number of hydrogen-bond acceptors (Lipinski definition) is 11. The van der Waals surface area contributed by atoms with Crippen molar-refractivity contribution >= 4 is 34.6 Å². The number of likely N-dealkylation sites (tertiary alicyclic amines) is 1. The van der Waals surface area contributed by atoms with Crippen LogP contribution in [-0.4, -0.2) is 96.7 Å². The summed E-state index contributed by atoms with van der Waals surface area (Å²) in [6.07, 6.45) is 8.87. The first-order chi connectivity index (χ1) is 22.3. The zero-order valence-electron chi connectivity index (χ0n) is 27.3. The lowest BCUT2D eigenvalue weighted by Crippen LogP contribution is -2.45. The van der Waals surface area contributed by atoms with Crippen LogP contribution in [0, 0.1) is 6.92 Å². The maximum Gasteiger partial charge on any atom is 0.247 e. The zero-order valence-corrected chi connectivity index (χ0v) is 27.3. The van der Waals surface area contributed by atoms with Gasteiger partial charge in [0.2, 0.25) is 5.91 Å². The van der Waals surface area contributed by atoms with Gasteiger partial charge >= 0.3 is 0 Å². The van der Waals surface area contributed by atoms with Gasteiger partial charge in [0.25, 0.3) is 0 Å². The first-order valence-electron chi connectivity index (χ1n) is 16.1. The molecule has 3 aliphatic heterocycles. The number of amides is 1. The lowest BCUT2D eigenvalue weighted by Gasteiger charge is -2.39. The number of nitrogens with one attached hydrogen (secondary N) is 2. The molecule has 1 amide bonds. The van der Waals surface area contributed by atoms with E-state index in [1.807, 2.05) is 42.4 Å². The van der Waals surface area contributed by atoms with Crippen molar-refractivity contribution in [2.45, 2.75) is 50.7 Å². The zero-order chi connectivity index (χ0) is 32.2. The average molecular weight is 628 g/mol. The Kier molecular flexibility index (Phi) is 9.67. The van der Waals surface area contributed by atoms with Crippen molar-refractivity contribution < 1.29 is 14.4 Å². The molecule has 5 heterocycles. The number of rotatable bonds is 10. The van der Waals surface area contributed by atoms with Gasteiger partial charge in [0, 0.05) is 68.7 Å². The van der Waals surface area contributed by atoms with Gasteiger partial charge in [0.1, 0.15) is 17.9 Å². The van der Waals surface area contributed by atoms with Crippen molar-refractivity contribution in [1.29, 1.82) is 0 Å². The van der Waals surface area contributed by atoms with Crippen LogP contribution in [0.15, 0.2) is 55.5 Å². The number of hydroxylamine groups is 1. The van der Waals surface area contributed by atoms with E-state index in [9.17, 15) is 4.79 Å². The summed E-state index contributed by atoms with van der Waals surface area (Å²) >= 11 is 0. The van der Waals surface area contributed by atoms with E-state index < -0.39 is 0 Å². The van der Waals surface area contributed by atoms with Crippen molar-refractivity contribution in [2.75, 3.05) is 74.6 Å². The molecule has 0 saturated carbocycles. The average Bonchev–Trinajstić information content (AvgIpc) is 3.77. The summed E-state index contributed by atoms with van der Waals surface area (Å²) in [7, 11) is 6.00. The summed E-state index contributed by atoms with van der Waals surface area (Å²) in [4.78, 5) is 39.3. The number of ether oxygens (including phenoxy) is 1. The van der Waals surface area contributed by atoms with Crippen LogP contribution in [0.2, 0.25) is 0 Å². The molecule has 1 aromatic carbocycles. The number of benzene rings is 1. The summed E-state index contributed by atoms with van der Waals surface area (Å²) in [5.41, 5.74) is 4.31. The topological polar surface area (TPSA) is 111 Å². The Morgan fingerprint density at radius 2 is 1.89 bits per heavy atom. The largest absolute Gasteiger partial charge is 0.494 e. The predicted molar refractivity (Wildman–Crippen MR) is 181 cm³/mol. The second-order valence-corrected chi connectivity index (χ2v) is 12.5. The molecule has 0 aliphatic carbocycles. The summed E-state index contributed by atoms with van der Waals surface area (Å²) in [5, 5.41) is 8.24. The van der Waals surface area contributed by atoms with E-state index >= 15 is 0 Å². The number of carbonyl (C=O) groups is 1. The maximum atomic E-state index is 12.6. The van der Waals surface area contributed by atoms with Crippen LogP contribution in [0.4, 0.5) is 28.7 Å². The second kappa shape index (κ2) is 14.0. The highest BCUT2D eigenvalue weighted by Crippen LogP contribution is 2.40. The lowest BCUT2D eigenvalue weighted by molar-refractivity contribution is -0.111. The van der Waals surface area contributed by atoms with E-state index in [2.05, 4.69) is 67.0 Å². The maximum absolute atomic E-state index is 12.6. The number of pyridine rings is 1. The fourth-order valence-electron chi connectivity index (χ4n) is 6.72. The van der Waals surface area contributed by atoms with Gasteiger partial charge in [0.05, 0.1) is 36.8 Å². The monoisotopic (exact) mass is 627 g/mol. The number of carbonyl (C=O) groups excluding carboxylic acids is 1. The Hall–Kier alpha value is -4.26. The molecule has 2 N–H and O–H groups in total. The van der Waals surface area contributed by atoms with Crippen LogP contribution in [0.1, 0.15) is 43.0 Å². The van der Waals surface area contributed by atoms with E-state index in [0.29, 0.717) is 47.5 Å². The van der Waals surface area contributed by atoms with Crippen LogP contribution in [0.5, 0.6) is 5.75 Å². The standard InChI is InChI=1S/C34H45N9O3/c1-6-34(44)39-27-17-28(31(45-5)18-30(27)41-13-9-25(10-14-41)42-15-11-26(21-42)40(3)4)38-32-19-33(37-22-36-32)43-29(12-16-46-43)24-8-7-23(2)35-20-24/h6-8,17-20,22,25-26,29H,1,9-16,21H2,2-5H3,(H,39,44)(H,36,37,38)/t26-,29-/m1/s1. The third-order valence-corrected chi connectivity index (χ3v) is 9.37. The first kappa shape index (κ1) is 31.7. The fourth-order valence-corrected chi connectivity index (χ4v) is 6.72. The minimum Gasteiger partial charge on any atom is -0.494 e. The number of aromatic nitrogens is 3. The van der Waals surface area contributed by atoms with Gasteiger partial charge in [-0.15, -0.1) is 0 Å². The van der Waals surface area contributed by atoms with Crippen LogP contribution in [-0.2, 0) is 9.63 Å². The number of piperidine rings is 1. The summed E-state index contributed by atoms with van der Waals surface area (Å²) in [6.45, 7) is 10.3. The Morgan fingerprint density at radius 3 is 2.59 bits per heavy atom. The smallest absolute Gasteiger partial charge is 0.247 e. The molecule has 0 bridgehead atoms. The van der Waals surface area contributed by atoms with E-state index in [1.165, 1.54) is 18.8 Å². The molecule has 2 atom stereocenters. The molecule has 0 radical (unpaired) electrons. The molecule has 2 aromatic heterocycles. The molecule has 3 fully saturated rings. The van der Waals surface area contributed by atoms with Gasteiger partial charge in [0.15, 0.2) is 5.82 Å². The highest BCUT2D eigenvalue weighted by Gasteiger charge is 2.33. The third-order valence-electron chi connectivity index (χ3n) is 9.37. The van der Waals surface area contributed by atoms with Gasteiger partial charge < -0.3 is 25.2 Å². The van der Waals surface area contributed by atoms with Crippen LogP contribution in [0.25, 0.3) is 0 Å². The Labute approximate surface area is 271 Å². The van der Waals surface area contributed by atoms with Gasteiger partial charge in [-0.1, -0.05) is 12.6 Å². The van der Waals surface area contributed by atoms with Gasteiger partial charge in [-0.05, 0) is 64.1 Å². The summed E-state index contributed by atoms with van der Waals surface area (Å²) in [6, 6.07) is 11.0. The fraction of sp³-hybridized carbons (Fsp3) is 0.471. The number of likely N-dealkylation sites (N-methyl/N-ethyl adjacent to an activating group) is 1. The normalized spacial score (nSPS) is 20.7. The number of anilines is 5. The van der Waals surface area contributed by atoms with E-state index in [1.54, 1.807) is 7.11 Å². The Bertz CT molecular complexity index is 1520. The van der Waals surface area contributed by atoms with Crippen molar-refractivity contribution in [3.63, 3.8) is 0 Å². The number of hydrogen-bond donors (Lipinski definition) is 2. The summed E-state index contributed by atoms with van der Waals surface area (Å²) < 4.78 is 5.87. The lowest BCUT2D eigenvalue weighted by atomic mass is 10.0. The van der Waals surface area contributed by atoms with E-state index in [0.717, 1.165) is 62.4 Å². The Morgan fingerprint density at radius 1 is 1.07 bits per heavy atom. The highest BCUT2D eigenvalue weighted by atomic mass is 16.7. The molecule has 46 heavy (non-hydrogen) atoms. The van der Waals surface area contributed by atoms with Crippen LogP contribution in [0.3, 0.4) is 0 Å². The van der Waals surface area contributed by atoms with Crippen molar-refractivity contribution in [1.82, 2.24) is 24.8 Å². The quantitative estimate of drug-likeness (QED) is 0.309. The molecular weight excluding hydrogens is 582 g/mol. The molecule has 0 unspecified atom stereocenters.